The molecule has 0 fully saturated rings. The molecule has 14 heavy (non-hydrogen) atoms. The van der Waals surface area contributed by atoms with Crippen LogP contribution in [0.15, 0.2) is 25.0 Å². The zero-order valence-corrected chi connectivity index (χ0v) is 8.53. The quantitative estimate of drug-likeness (QED) is 0.736. The standard InChI is InChI=1S/C10H15N3O/c1-4-5-13(8(2)3)10(14)9-6-11-12-7-9/h4,6-8H,1,5H2,2-3H3,(H,11,12). The van der Waals surface area contributed by atoms with Crippen molar-refractivity contribution in [2.24, 2.45) is 0 Å². The SMILES string of the molecule is C=CCN(C(=O)c1cn[nH]c1)C(C)C. The molecule has 1 aromatic heterocycles. The lowest BCUT2D eigenvalue weighted by atomic mass is 10.2. The van der Waals surface area contributed by atoms with Gasteiger partial charge in [-0.3, -0.25) is 9.89 Å². The predicted molar refractivity (Wildman–Crippen MR) is 55.0 cm³/mol. The number of hydrogen-bond donors (Lipinski definition) is 1. The highest BCUT2D eigenvalue weighted by molar-refractivity contribution is 5.93. The van der Waals surface area contributed by atoms with Gasteiger partial charge in [-0.2, -0.15) is 5.10 Å². The van der Waals surface area contributed by atoms with Gasteiger partial charge in [0.1, 0.15) is 0 Å². The lowest BCUT2D eigenvalue weighted by molar-refractivity contribution is 0.0729. The van der Waals surface area contributed by atoms with Crippen molar-refractivity contribution in [3.63, 3.8) is 0 Å². The number of nitrogens with one attached hydrogen (secondary N) is 1. The maximum Gasteiger partial charge on any atom is 0.257 e. The second-order valence-electron chi connectivity index (χ2n) is 3.33. The molecular formula is C10H15N3O. The Hall–Kier alpha value is -1.58. The zero-order chi connectivity index (χ0) is 10.6. The van der Waals surface area contributed by atoms with E-state index in [-0.39, 0.29) is 11.9 Å². The average Bonchev–Trinajstić information content (AvgIpc) is 2.65. The Morgan fingerprint density at radius 1 is 1.79 bits per heavy atom. The summed E-state index contributed by atoms with van der Waals surface area (Å²) >= 11 is 0. The van der Waals surface area contributed by atoms with Gasteiger partial charge in [-0.05, 0) is 13.8 Å². The van der Waals surface area contributed by atoms with Gasteiger partial charge in [0.15, 0.2) is 0 Å². The summed E-state index contributed by atoms with van der Waals surface area (Å²) in [5.74, 6) is -0.0198. The number of hydrogen-bond acceptors (Lipinski definition) is 2. The molecule has 0 saturated heterocycles. The van der Waals surface area contributed by atoms with Crippen molar-refractivity contribution < 1.29 is 4.79 Å². The minimum absolute atomic E-state index is 0.0198. The minimum Gasteiger partial charge on any atom is -0.332 e. The Morgan fingerprint density at radius 2 is 2.50 bits per heavy atom. The molecule has 4 nitrogen and oxygen atoms in total. The summed E-state index contributed by atoms with van der Waals surface area (Å²) < 4.78 is 0. The van der Waals surface area contributed by atoms with Crippen molar-refractivity contribution in [1.82, 2.24) is 15.1 Å². The Labute approximate surface area is 83.6 Å². The first-order valence-corrected chi connectivity index (χ1v) is 4.57. The van der Waals surface area contributed by atoms with Gasteiger partial charge in [0.25, 0.3) is 5.91 Å². The normalized spacial score (nSPS) is 10.2. The number of carbonyl (C=O) groups excluding carboxylic acids is 1. The molecule has 0 spiro atoms. The summed E-state index contributed by atoms with van der Waals surface area (Å²) in [6, 6.07) is 0.162. The van der Waals surface area contributed by atoms with Crippen LogP contribution in [0, 0.1) is 0 Å². The number of aromatic amines is 1. The van der Waals surface area contributed by atoms with Gasteiger partial charge in [-0.15, -0.1) is 6.58 Å². The number of aromatic nitrogens is 2. The topological polar surface area (TPSA) is 49.0 Å². The predicted octanol–water partition coefficient (Wildman–Crippen LogP) is 1.45. The smallest absolute Gasteiger partial charge is 0.257 e. The van der Waals surface area contributed by atoms with E-state index in [1.807, 2.05) is 13.8 Å². The summed E-state index contributed by atoms with van der Waals surface area (Å²) in [5, 5.41) is 6.37. The van der Waals surface area contributed by atoms with Gasteiger partial charge >= 0.3 is 0 Å². The molecule has 0 bridgehead atoms. The number of amides is 1. The van der Waals surface area contributed by atoms with E-state index in [1.165, 1.54) is 6.20 Å². The van der Waals surface area contributed by atoms with Crippen LogP contribution in [0.4, 0.5) is 0 Å². The van der Waals surface area contributed by atoms with Crippen molar-refractivity contribution in [1.29, 1.82) is 0 Å². The lowest BCUT2D eigenvalue weighted by Gasteiger charge is -2.24. The molecule has 1 N–H and O–H groups in total. The molecule has 0 saturated carbocycles. The molecule has 0 aromatic carbocycles. The summed E-state index contributed by atoms with van der Waals surface area (Å²) in [6.45, 7) is 8.13. The molecule has 1 aromatic rings. The second kappa shape index (κ2) is 4.60. The number of rotatable bonds is 4. The summed E-state index contributed by atoms with van der Waals surface area (Å²) in [4.78, 5) is 13.6. The van der Waals surface area contributed by atoms with Gasteiger partial charge in [-0.1, -0.05) is 6.08 Å². The molecule has 0 aliphatic rings. The van der Waals surface area contributed by atoms with Crippen molar-refractivity contribution in [2.75, 3.05) is 6.54 Å². The number of carbonyl (C=O) groups is 1. The maximum absolute atomic E-state index is 11.9. The van der Waals surface area contributed by atoms with Crippen LogP contribution in [0.2, 0.25) is 0 Å². The monoisotopic (exact) mass is 193 g/mol. The zero-order valence-electron chi connectivity index (χ0n) is 8.53. The fourth-order valence-corrected chi connectivity index (χ4v) is 1.20. The highest BCUT2D eigenvalue weighted by atomic mass is 16.2. The molecule has 0 atom stereocenters. The van der Waals surface area contributed by atoms with Crippen LogP contribution in [0.25, 0.3) is 0 Å². The summed E-state index contributed by atoms with van der Waals surface area (Å²) in [5.41, 5.74) is 0.584. The largest absolute Gasteiger partial charge is 0.332 e. The van der Waals surface area contributed by atoms with E-state index in [2.05, 4.69) is 16.8 Å². The third-order valence-electron chi connectivity index (χ3n) is 1.96. The van der Waals surface area contributed by atoms with Crippen molar-refractivity contribution in [3.8, 4) is 0 Å². The third kappa shape index (κ3) is 2.22. The molecule has 0 aliphatic heterocycles. The van der Waals surface area contributed by atoms with Crippen LogP contribution < -0.4 is 0 Å². The van der Waals surface area contributed by atoms with E-state index in [1.54, 1.807) is 17.2 Å². The Morgan fingerprint density at radius 3 is 2.93 bits per heavy atom. The van der Waals surface area contributed by atoms with Gasteiger partial charge in [-0.25, -0.2) is 0 Å². The van der Waals surface area contributed by atoms with Crippen molar-refractivity contribution in [3.05, 3.63) is 30.6 Å². The van der Waals surface area contributed by atoms with E-state index in [4.69, 9.17) is 0 Å². The van der Waals surface area contributed by atoms with E-state index in [9.17, 15) is 4.79 Å². The van der Waals surface area contributed by atoms with Crippen LogP contribution in [-0.2, 0) is 0 Å². The van der Waals surface area contributed by atoms with Crippen LogP contribution in [-0.4, -0.2) is 33.6 Å². The molecule has 0 aliphatic carbocycles. The maximum atomic E-state index is 11.9. The van der Waals surface area contributed by atoms with Gasteiger partial charge < -0.3 is 4.90 Å². The minimum atomic E-state index is -0.0198. The second-order valence-corrected chi connectivity index (χ2v) is 3.33. The Balaban J connectivity index is 2.79. The highest BCUT2D eigenvalue weighted by Gasteiger charge is 2.17. The molecule has 4 heteroatoms. The fraction of sp³-hybridized carbons (Fsp3) is 0.400. The van der Waals surface area contributed by atoms with Crippen LogP contribution in [0.1, 0.15) is 24.2 Å². The Kier molecular flexibility index (Phi) is 3.45. The third-order valence-corrected chi connectivity index (χ3v) is 1.96. The lowest BCUT2D eigenvalue weighted by Crippen LogP contribution is -2.36. The molecule has 76 valence electrons. The van der Waals surface area contributed by atoms with Crippen LogP contribution in [0.3, 0.4) is 0 Å². The number of nitrogens with zero attached hydrogens (tertiary/aromatic N) is 2. The van der Waals surface area contributed by atoms with E-state index in [0.717, 1.165) is 0 Å². The molecule has 1 heterocycles. The molecular weight excluding hydrogens is 178 g/mol. The molecule has 1 amide bonds. The van der Waals surface area contributed by atoms with Gasteiger partial charge in [0.05, 0.1) is 11.8 Å². The number of H-pyrrole nitrogens is 1. The van der Waals surface area contributed by atoms with Crippen molar-refractivity contribution >= 4 is 5.91 Å². The molecule has 0 radical (unpaired) electrons. The summed E-state index contributed by atoms with van der Waals surface area (Å²) in [7, 11) is 0. The summed E-state index contributed by atoms with van der Waals surface area (Å²) in [6.07, 6.45) is 4.85. The molecule has 1 rings (SSSR count). The van der Waals surface area contributed by atoms with Crippen LogP contribution >= 0.6 is 0 Å². The van der Waals surface area contributed by atoms with Gasteiger partial charge in [0, 0.05) is 18.8 Å². The van der Waals surface area contributed by atoms with E-state index >= 15 is 0 Å². The first-order valence-electron chi connectivity index (χ1n) is 4.57. The van der Waals surface area contributed by atoms with E-state index in [0.29, 0.717) is 12.1 Å². The first-order chi connectivity index (χ1) is 6.66. The van der Waals surface area contributed by atoms with Gasteiger partial charge in [0.2, 0.25) is 0 Å². The van der Waals surface area contributed by atoms with Crippen molar-refractivity contribution in [2.45, 2.75) is 19.9 Å². The Bertz CT molecular complexity index is 303. The fourth-order valence-electron chi connectivity index (χ4n) is 1.20. The van der Waals surface area contributed by atoms with Crippen LogP contribution in [0.5, 0.6) is 0 Å². The first kappa shape index (κ1) is 10.5. The highest BCUT2D eigenvalue weighted by Crippen LogP contribution is 2.06. The average molecular weight is 193 g/mol. The van der Waals surface area contributed by atoms with E-state index < -0.39 is 0 Å². The molecule has 0 unspecified atom stereocenters.